The van der Waals surface area contributed by atoms with Gasteiger partial charge in [-0.05, 0) is 38.8 Å². The standard InChI is InChI=1S/C21H25N5O3S/c1-13-11-18(25-29-13)24-21(28)15-7-9-26(10-8-15)19(27)12-30-14(2)20-22-16-5-3-4-6-17(16)23-20/h3-6,11,14-15H,7-10,12H2,1-2H3,(H,22,23)(H,24,25,28). The van der Waals surface area contributed by atoms with Gasteiger partial charge in [-0.3, -0.25) is 9.59 Å². The van der Waals surface area contributed by atoms with Crippen molar-refractivity contribution in [1.29, 1.82) is 0 Å². The summed E-state index contributed by atoms with van der Waals surface area (Å²) < 4.78 is 4.97. The Balaban J connectivity index is 1.23. The number of likely N-dealkylation sites (tertiary alicyclic amines) is 1. The Bertz CT molecular complexity index is 1010. The number of carbonyl (C=O) groups is 2. The van der Waals surface area contributed by atoms with Crippen LogP contribution < -0.4 is 5.32 Å². The van der Waals surface area contributed by atoms with Crippen molar-refractivity contribution in [3.8, 4) is 0 Å². The van der Waals surface area contributed by atoms with Crippen LogP contribution in [0.5, 0.6) is 0 Å². The molecule has 9 heteroatoms. The van der Waals surface area contributed by atoms with Gasteiger partial charge in [-0.15, -0.1) is 11.8 Å². The van der Waals surface area contributed by atoms with E-state index in [0.717, 1.165) is 16.9 Å². The number of H-pyrrole nitrogens is 1. The average Bonchev–Trinajstić information content (AvgIpc) is 3.37. The number of rotatable bonds is 6. The van der Waals surface area contributed by atoms with Gasteiger partial charge in [0.2, 0.25) is 11.8 Å². The highest BCUT2D eigenvalue weighted by atomic mass is 32.2. The molecule has 0 radical (unpaired) electrons. The van der Waals surface area contributed by atoms with Crippen molar-refractivity contribution in [2.45, 2.75) is 31.9 Å². The summed E-state index contributed by atoms with van der Waals surface area (Å²) in [7, 11) is 0. The molecule has 158 valence electrons. The minimum absolute atomic E-state index is 0.0664. The van der Waals surface area contributed by atoms with E-state index in [9.17, 15) is 9.59 Å². The van der Waals surface area contributed by atoms with Gasteiger partial charge in [-0.2, -0.15) is 0 Å². The third kappa shape index (κ3) is 4.67. The Kier molecular flexibility index (Phi) is 6.08. The first-order chi connectivity index (χ1) is 14.5. The van der Waals surface area contributed by atoms with E-state index in [0.29, 0.717) is 43.3 Å². The van der Waals surface area contributed by atoms with Crippen LogP contribution in [0.25, 0.3) is 11.0 Å². The van der Waals surface area contributed by atoms with Gasteiger partial charge >= 0.3 is 0 Å². The molecule has 1 aliphatic rings. The number of thioether (sulfide) groups is 1. The Morgan fingerprint density at radius 1 is 1.33 bits per heavy atom. The number of benzene rings is 1. The zero-order valence-electron chi connectivity index (χ0n) is 17.1. The molecule has 0 spiro atoms. The maximum absolute atomic E-state index is 12.6. The monoisotopic (exact) mass is 427 g/mol. The summed E-state index contributed by atoms with van der Waals surface area (Å²) in [4.78, 5) is 34.8. The van der Waals surface area contributed by atoms with E-state index < -0.39 is 0 Å². The van der Waals surface area contributed by atoms with Gasteiger partial charge in [-0.1, -0.05) is 17.3 Å². The molecule has 30 heavy (non-hydrogen) atoms. The maximum Gasteiger partial charge on any atom is 0.232 e. The number of aromatic amines is 1. The Hall–Kier alpha value is -2.81. The first-order valence-electron chi connectivity index (χ1n) is 10.1. The van der Waals surface area contributed by atoms with E-state index in [1.165, 1.54) is 0 Å². The largest absolute Gasteiger partial charge is 0.360 e. The van der Waals surface area contributed by atoms with Crippen molar-refractivity contribution in [2.24, 2.45) is 5.92 Å². The van der Waals surface area contributed by atoms with Crippen molar-refractivity contribution in [3.63, 3.8) is 0 Å². The van der Waals surface area contributed by atoms with E-state index >= 15 is 0 Å². The summed E-state index contributed by atoms with van der Waals surface area (Å²) >= 11 is 1.57. The maximum atomic E-state index is 12.6. The molecule has 3 heterocycles. The number of fused-ring (bicyclic) bond motifs is 1. The number of hydrogen-bond donors (Lipinski definition) is 2. The summed E-state index contributed by atoms with van der Waals surface area (Å²) in [5.41, 5.74) is 1.94. The molecular weight excluding hydrogens is 402 g/mol. The smallest absolute Gasteiger partial charge is 0.232 e. The molecule has 1 aromatic carbocycles. The molecule has 0 aliphatic carbocycles. The topological polar surface area (TPSA) is 104 Å². The fourth-order valence-corrected chi connectivity index (χ4v) is 4.42. The van der Waals surface area contributed by atoms with Gasteiger partial charge in [0.15, 0.2) is 5.82 Å². The second-order valence-electron chi connectivity index (χ2n) is 7.56. The fourth-order valence-electron chi connectivity index (χ4n) is 3.58. The lowest BCUT2D eigenvalue weighted by atomic mass is 9.96. The number of aromatic nitrogens is 3. The second-order valence-corrected chi connectivity index (χ2v) is 8.89. The first kappa shape index (κ1) is 20.5. The predicted molar refractivity (Wildman–Crippen MR) is 116 cm³/mol. The molecule has 2 aromatic heterocycles. The number of hydrogen-bond acceptors (Lipinski definition) is 6. The molecule has 1 saturated heterocycles. The summed E-state index contributed by atoms with van der Waals surface area (Å²) in [5.74, 6) is 2.29. The zero-order valence-corrected chi connectivity index (χ0v) is 17.9. The van der Waals surface area contributed by atoms with Crippen LogP contribution in [0, 0.1) is 12.8 Å². The van der Waals surface area contributed by atoms with Crippen molar-refractivity contribution in [3.05, 3.63) is 41.9 Å². The number of carbonyl (C=O) groups excluding carboxylic acids is 2. The lowest BCUT2D eigenvalue weighted by Crippen LogP contribution is -2.42. The van der Waals surface area contributed by atoms with Crippen molar-refractivity contribution >= 4 is 40.4 Å². The van der Waals surface area contributed by atoms with E-state index in [1.807, 2.05) is 29.2 Å². The van der Waals surface area contributed by atoms with E-state index in [1.54, 1.807) is 24.8 Å². The lowest BCUT2D eigenvalue weighted by Gasteiger charge is -2.31. The number of nitrogens with one attached hydrogen (secondary N) is 2. The molecule has 1 unspecified atom stereocenters. The van der Waals surface area contributed by atoms with E-state index in [4.69, 9.17) is 4.52 Å². The average molecular weight is 428 g/mol. The predicted octanol–water partition coefficient (Wildman–Crippen LogP) is 3.53. The molecule has 2 amide bonds. The molecule has 0 saturated carbocycles. The van der Waals surface area contributed by atoms with Crippen LogP contribution >= 0.6 is 11.8 Å². The van der Waals surface area contributed by atoms with Crippen LogP contribution in [0.1, 0.15) is 36.6 Å². The van der Waals surface area contributed by atoms with Gasteiger partial charge in [0.25, 0.3) is 0 Å². The number of nitrogens with zero attached hydrogens (tertiary/aromatic N) is 3. The van der Waals surface area contributed by atoms with Gasteiger partial charge in [0.1, 0.15) is 11.6 Å². The highest BCUT2D eigenvalue weighted by Gasteiger charge is 2.28. The van der Waals surface area contributed by atoms with Crippen LogP contribution in [0.2, 0.25) is 0 Å². The van der Waals surface area contributed by atoms with Crippen LogP contribution in [0.15, 0.2) is 34.9 Å². The number of para-hydroxylation sites is 2. The molecule has 3 aromatic rings. The van der Waals surface area contributed by atoms with Crippen LogP contribution in [0.4, 0.5) is 5.82 Å². The fraction of sp³-hybridized carbons (Fsp3) is 0.429. The third-order valence-electron chi connectivity index (χ3n) is 5.35. The SMILES string of the molecule is Cc1cc(NC(=O)C2CCN(C(=O)CSC(C)c3nc4ccccc4[nH]3)CC2)no1. The van der Waals surface area contributed by atoms with Crippen LogP contribution in [-0.2, 0) is 9.59 Å². The molecule has 1 atom stereocenters. The van der Waals surface area contributed by atoms with Crippen LogP contribution in [0.3, 0.4) is 0 Å². The summed E-state index contributed by atoms with van der Waals surface area (Å²) in [5, 5.41) is 6.67. The van der Waals surface area contributed by atoms with Gasteiger partial charge in [0.05, 0.1) is 22.0 Å². The molecular formula is C21H25N5O3S. The zero-order chi connectivity index (χ0) is 21.1. The lowest BCUT2D eigenvalue weighted by molar-refractivity contribution is -0.132. The summed E-state index contributed by atoms with van der Waals surface area (Å²) in [6.07, 6.45) is 1.30. The first-order valence-corrected chi connectivity index (χ1v) is 11.1. The van der Waals surface area contributed by atoms with Gasteiger partial charge in [-0.25, -0.2) is 4.98 Å². The minimum Gasteiger partial charge on any atom is -0.360 e. The second kappa shape index (κ2) is 8.91. The van der Waals surface area contributed by atoms with Crippen molar-refractivity contribution < 1.29 is 14.1 Å². The normalized spacial score (nSPS) is 16.0. The van der Waals surface area contributed by atoms with E-state index in [-0.39, 0.29) is 23.0 Å². The highest BCUT2D eigenvalue weighted by Crippen LogP contribution is 2.28. The Morgan fingerprint density at radius 2 is 2.10 bits per heavy atom. The molecule has 0 bridgehead atoms. The summed E-state index contributed by atoms with van der Waals surface area (Å²) in [6.45, 7) is 5.01. The molecule has 1 aliphatic heterocycles. The Labute approximate surface area is 178 Å². The molecule has 2 N–H and O–H groups in total. The van der Waals surface area contributed by atoms with Crippen molar-refractivity contribution in [1.82, 2.24) is 20.0 Å². The Morgan fingerprint density at radius 3 is 2.80 bits per heavy atom. The van der Waals surface area contributed by atoms with Gasteiger partial charge in [0, 0.05) is 25.1 Å². The third-order valence-corrected chi connectivity index (χ3v) is 6.48. The molecule has 4 rings (SSSR count). The number of imidazole rings is 1. The van der Waals surface area contributed by atoms with E-state index in [2.05, 4.69) is 27.4 Å². The molecule has 8 nitrogen and oxygen atoms in total. The number of amides is 2. The number of piperidine rings is 1. The van der Waals surface area contributed by atoms with Crippen LogP contribution in [-0.4, -0.2) is 50.7 Å². The minimum atomic E-state index is -0.117. The quantitative estimate of drug-likeness (QED) is 0.624. The van der Waals surface area contributed by atoms with Gasteiger partial charge < -0.3 is 19.7 Å². The van der Waals surface area contributed by atoms with Crippen molar-refractivity contribution in [2.75, 3.05) is 24.2 Å². The molecule has 1 fully saturated rings. The number of aryl methyl sites for hydroxylation is 1. The number of anilines is 1. The highest BCUT2D eigenvalue weighted by molar-refractivity contribution is 8.00. The summed E-state index contributed by atoms with van der Waals surface area (Å²) in [6, 6.07) is 9.60.